The molecule has 1 atom stereocenters. The van der Waals surface area contributed by atoms with Crippen LogP contribution in [0.3, 0.4) is 0 Å². The quantitative estimate of drug-likeness (QED) is 0.704. The summed E-state index contributed by atoms with van der Waals surface area (Å²) in [7, 11) is 0. The van der Waals surface area contributed by atoms with Gasteiger partial charge in [-0.3, -0.25) is 0 Å². The van der Waals surface area contributed by atoms with E-state index in [0.29, 0.717) is 15.0 Å². The first-order valence-electron chi connectivity index (χ1n) is 2.80. The Hall–Kier alpha value is 0.482. The molecule has 0 saturated heterocycles. The molecule has 59 valence electrons. The van der Waals surface area contributed by atoms with E-state index in [4.69, 9.17) is 5.73 Å². The Morgan fingerprint density at radius 1 is 1.90 bits per heavy atom. The van der Waals surface area contributed by atoms with Gasteiger partial charge in [0.05, 0.1) is 0 Å². The average Bonchev–Trinajstić information content (AvgIpc) is 1.98. The number of hydrogen-bond acceptors (Lipinski definition) is 3. The minimum absolute atomic E-state index is 0.357. The maximum atomic E-state index is 10.6. The summed E-state index contributed by atoms with van der Waals surface area (Å²) >= 11 is 2.77. The molecule has 0 amide bonds. The molecule has 0 aromatic carbocycles. The summed E-state index contributed by atoms with van der Waals surface area (Å²) in [5.41, 5.74) is 5.43. The zero-order chi connectivity index (χ0) is 7.98. The SMILES string of the molecule is C[Se]CC[C@H](N)C(=O)[O][Cr]. The minimum atomic E-state index is -0.442. The van der Waals surface area contributed by atoms with E-state index >= 15 is 0 Å². The summed E-state index contributed by atoms with van der Waals surface area (Å²) in [6.45, 7) is 0. The van der Waals surface area contributed by atoms with Crippen LogP contribution in [0, 0.1) is 0 Å². The molecule has 0 rings (SSSR count). The van der Waals surface area contributed by atoms with Crippen LogP contribution in [0.5, 0.6) is 0 Å². The molecule has 0 aliphatic rings. The first kappa shape index (κ1) is 10.5. The summed E-state index contributed by atoms with van der Waals surface area (Å²) in [6.07, 6.45) is 0.733. The Morgan fingerprint density at radius 3 is 2.90 bits per heavy atom. The Morgan fingerprint density at radius 2 is 2.50 bits per heavy atom. The Labute approximate surface area is 75.6 Å². The van der Waals surface area contributed by atoms with Crippen LogP contribution >= 0.6 is 0 Å². The van der Waals surface area contributed by atoms with Crippen molar-refractivity contribution in [1.29, 1.82) is 0 Å². The van der Waals surface area contributed by atoms with Crippen molar-refractivity contribution in [2.45, 2.75) is 23.6 Å². The van der Waals surface area contributed by atoms with E-state index in [1.54, 1.807) is 0 Å². The average molecular weight is 247 g/mol. The van der Waals surface area contributed by atoms with E-state index in [2.05, 4.69) is 26.2 Å². The molecular formula is C5H10CrNO2Se. The predicted octanol–water partition coefficient (Wildman–Crippen LogP) is -0.121. The van der Waals surface area contributed by atoms with Crippen LogP contribution in [-0.2, 0) is 25.2 Å². The van der Waals surface area contributed by atoms with Crippen LogP contribution in [0.2, 0.25) is 11.1 Å². The third-order valence-corrected chi connectivity index (χ3v) is 2.63. The van der Waals surface area contributed by atoms with Gasteiger partial charge in [-0.2, -0.15) is 0 Å². The van der Waals surface area contributed by atoms with Crippen molar-refractivity contribution in [2.75, 3.05) is 0 Å². The van der Waals surface area contributed by atoms with Crippen molar-refractivity contribution in [3.8, 4) is 0 Å². The summed E-state index contributed by atoms with van der Waals surface area (Å²) in [6, 6.07) is -0.442. The molecule has 0 aromatic rings. The Bertz CT molecular complexity index is 112. The summed E-state index contributed by atoms with van der Waals surface area (Å²) < 4.78 is 4.33. The predicted molar refractivity (Wildman–Crippen MR) is 35.1 cm³/mol. The van der Waals surface area contributed by atoms with Gasteiger partial charge in [-0.15, -0.1) is 0 Å². The van der Waals surface area contributed by atoms with Gasteiger partial charge in [-0.05, 0) is 0 Å². The molecule has 10 heavy (non-hydrogen) atoms. The molecule has 0 bridgehead atoms. The number of carbonyl (C=O) groups excluding carboxylic acids is 1. The third-order valence-electron chi connectivity index (χ3n) is 1.02. The normalized spacial score (nSPS) is 12.6. The molecule has 0 unspecified atom stereocenters. The molecule has 0 spiro atoms. The van der Waals surface area contributed by atoms with Gasteiger partial charge in [0.15, 0.2) is 0 Å². The summed E-state index contributed by atoms with van der Waals surface area (Å²) in [4.78, 5) is 10.6. The van der Waals surface area contributed by atoms with Crippen molar-refractivity contribution < 1.29 is 25.2 Å². The van der Waals surface area contributed by atoms with Gasteiger partial charge in [0.25, 0.3) is 0 Å². The van der Waals surface area contributed by atoms with Gasteiger partial charge in [0.1, 0.15) is 0 Å². The van der Waals surface area contributed by atoms with E-state index in [0.717, 1.165) is 11.7 Å². The second-order valence-corrected chi connectivity index (χ2v) is 4.12. The van der Waals surface area contributed by atoms with Crippen LogP contribution in [0.4, 0.5) is 0 Å². The van der Waals surface area contributed by atoms with Crippen molar-refractivity contribution in [3.63, 3.8) is 0 Å². The molecule has 0 radical (unpaired) electrons. The number of hydrogen-bond donors (Lipinski definition) is 1. The van der Waals surface area contributed by atoms with E-state index in [1.807, 2.05) is 0 Å². The summed E-state index contributed by atoms with van der Waals surface area (Å²) in [5.74, 6) is 1.76. The van der Waals surface area contributed by atoms with Crippen molar-refractivity contribution >= 4 is 20.9 Å². The fourth-order valence-corrected chi connectivity index (χ4v) is 1.64. The van der Waals surface area contributed by atoms with Gasteiger partial charge in [-0.25, -0.2) is 0 Å². The number of carbonyl (C=O) groups is 1. The van der Waals surface area contributed by atoms with E-state index in [1.165, 1.54) is 0 Å². The third kappa shape index (κ3) is 4.32. The first-order chi connectivity index (χ1) is 4.72. The second-order valence-electron chi connectivity index (χ2n) is 1.79. The monoisotopic (exact) mass is 248 g/mol. The molecular weight excluding hydrogens is 237 g/mol. The second kappa shape index (κ2) is 6.21. The van der Waals surface area contributed by atoms with Crippen LogP contribution in [-0.4, -0.2) is 27.0 Å². The molecule has 0 aromatic heterocycles. The van der Waals surface area contributed by atoms with Gasteiger partial charge in [0, 0.05) is 0 Å². The van der Waals surface area contributed by atoms with Crippen molar-refractivity contribution in [1.82, 2.24) is 0 Å². The molecule has 0 aliphatic heterocycles. The van der Waals surface area contributed by atoms with Crippen LogP contribution in [0.1, 0.15) is 6.42 Å². The maximum absolute atomic E-state index is 10.6. The number of nitrogens with two attached hydrogens (primary N) is 1. The molecule has 0 fully saturated rings. The fourth-order valence-electron chi connectivity index (χ4n) is 0.424. The van der Waals surface area contributed by atoms with Crippen molar-refractivity contribution in [3.05, 3.63) is 0 Å². The molecule has 0 saturated carbocycles. The first-order valence-corrected chi connectivity index (χ1v) is 6.25. The van der Waals surface area contributed by atoms with E-state index < -0.39 is 6.04 Å². The van der Waals surface area contributed by atoms with Crippen LogP contribution < -0.4 is 5.73 Å². The van der Waals surface area contributed by atoms with Gasteiger partial charge >= 0.3 is 75.5 Å². The topological polar surface area (TPSA) is 52.3 Å². The van der Waals surface area contributed by atoms with Gasteiger partial charge in [0.2, 0.25) is 0 Å². The Kier molecular flexibility index (Phi) is 6.51. The summed E-state index contributed by atoms with van der Waals surface area (Å²) in [5, 5.41) is 1.03. The van der Waals surface area contributed by atoms with Gasteiger partial charge < -0.3 is 0 Å². The zero-order valence-corrected chi connectivity index (χ0v) is 8.69. The molecule has 0 aliphatic carbocycles. The van der Waals surface area contributed by atoms with Gasteiger partial charge in [-0.1, -0.05) is 0 Å². The molecule has 3 nitrogen and oxygen atoms in total. The molecule has 5 heteroatoms. The fraction of sp³-hybridized carbons (Fsp3) is 0.800. The van der Waals surface area contributed by atoms with Crippen LogP contribution in [0.25, 0.3) is 0 Å². The zero-order valence-electron chi connectivity index (χ0n) is 5.70. The molecule has 2 N–H and O–H groups in total. The molecule has 0 heterocycles. The Balaban J connectivity index is 3.41. The number of rotatable bonds is 4. The van der Waals surface area contributed by atoms with E-state index in [-0.39, 0.29) is 5.97 Å². The van der Waals surface area contributed by atoms with Crippen molar-refractivity contribution in [2.24, 2.45) is 5.73 Å². The van der Waals surface area contributed by atoms with Crippen LogP contribution in [0.15, 0.2) is 0 Å². The van der Waals surface area contributed by atoms with E-state index in [9.17, 15) is 4.79 Å². The standard InChI is InChI=1S/C5H11NO2Se.Cr/c1-9-3-2-4(6)5(7)8;/h4H,2-3,6H2,1H3,(H,7,8);/q;+1/p-1/t4-;/m0./s1.